The van der Waals surface area contributed by atoms with Gasteiger partial charge in [0, 0.05) is 6.92 Å². The molecule has 0 N–H and O–H groups in total. The SMILES string of the molecule is CC[O+]=NC.[O-][Cl+3]([O-])([O-])[O-]. The van der Waals surface area contributed by atoms with Crippen LogP contribution in [0.1, 0.15) is 6.92 Å². The fourth-order valence-electron chi connectivity index (χ4n) is 0.129. The molecule has 0 fully saturated rings. The van der Waals surface area contributed by atoms with Crippen LogP contribution in [0.2, 0.25) is 0 Å². The molecule has 0 aliphatic carbocycles. The summed E-state index contributed by atoms with van der Waals surface area (Å²) in [6, 6.07) is 0. The van der Waals surface area contributed by atoms with Gasteiger partial charge in [-0.1, -0.05) is 0 Å². The summed E-state index contributed by atoms with van der Waals surface area (Å²) >= 11 is 0. The third kappa shape index (κ3) is 117. The van der Waals surface area contributed by atoms with Gasteiger partial charge in [0.15, 0.2) is 0 Å². The normalized spacial score (nSPS) is 11.0. The molecule has 0 atom stereocenters. The molecule has 0 aromatic rings. The summed E-state index contributed by atoms with van der Waals surface area (Å²) in [5, 5.41) is 3.35. The summed E-state index contributed by atoms with van der Waals surface area (Å²) in [5.74, 6) is 0. The second-order valence-corrected chi connectivity index (χ2v) is 1.73. The van der Waals surface area contributed by atoms with Gasteiger partial charge in [0.1, 0.15) is 12.2 Å². The Kier molecular flexibility index (Phi) is 8.49. The van der Waals surface area contributed by atoms with E-state index in [0.717, 1.165) is 0 Å². The minimum atomic E-state index is -4.94. The molecule has 10 heavy (non-hydrogen) atoms. The van der Waals surface area contributed by atoms with E-state index in [1.54, 1.807) is 7.05 Å². The van der Waals surface area contributed by atoms with Crippen molar-refractivity contribution in [1.29, 1.82) is 0 Å². The van der Waals surface area contributed by atoms with Crippen LogP contribution in [0.4, 0.5) is 0 Å². The molecule has 0 saturated carbocycles. The first-order valence-corrected chi connectivity index (χ1v) is 3.48. The lowest BCUT2D eigenvalue weighted by Crippen LogP contribution is -2.68. The molecule has 0 spiro atoms. The Hall–Kier alpha value is -0.270. The van der Waals surface area contributed by atoms with Crippen molar-refractivity contribution in [2.75, 3.05) is 13.7 Å². The predicted octanol–water partition coefficient (Wildman–Crippen LogP) is -3.82. The van der Waals surface area contributed by atoms with Crippen LogP contribution in [0.5, 0.6) is 0 Å². The van der Waals surface area contributed by atoms with Crippen molar-refractivity contribution < 1.29 is 28.9 Å². The van der Waals surface area contributed by atoms with Gasteiger partial charge in [-0.05, 0) is 0 Å². The number of nitroso groups, excluding NO2 is 1. The molecular formula is C3H8ClNO5. The summed E-state index contributed by atoms with van der Waals surface area (Å²) in [6.07, 6.45) is 0. The van der Waals surface area contributed by atoms with E-state index >= 15 is 0 Å². The fraction of sp³-hybridized carbons (Fsp3) is 1.00. The third-order valence-electron chi connectivity index (χ3n) is 0.258. The van der Waals surface area contributed by atoms with E-state index in [-0.39, 0.29) is 0 Å². The predicted molar refractivity (Wildman–Crippen MR) is 22.3 cm³/mol. The Morgan fingerprint density at radius 1 is 1.30 bits per heavy atom. The van der Waals surface area contributed by atoms with Gasteiger partial charge in [0.05, 0.1) is 0 Å². The third-order valence-corrected chi connectivity index (χ3v) is 0.258. The molecule has 0 unspecified atom stereocenters. The quantitative estimate of drug-likeness (QED) is 0.378. The largest absolute Gasteiger partial charge is 0.303 e. The molecule has 0 saturated heterocycles. The second-order valence-electron chi connectivity index (χ2n) is 0.978. The van der Waals surface area contributed by atoms with E-state index in [0.29, 0.717) is 6.61 Å². The standard InChI is InChI=1S/C3H8NO.ClHO4/c1-3-5-4-2;2-1(3,4)5/h3H2,1-2H3;(H,2,3,4,5)/q+1;/p-1. The van der Waals surface area contributed by atoms with Crippen LogP contribution in [0.3, 0.4) is 0 Å². The molecule has 0 aromatic carbocycles. The van der Waals surface area contributed by atoms with Gasteiger partial charge in [-0.25, -0.2) is 18.6 Å². The topological polar surface area (TPSA) is 116 Å². The molecule has 0 rings (SSSR count). The first-order chi connectivity index (χ1) is 4.41. The van der Waals surface area contributed by atoms with Crippen molar-refractivity contribution in [3.8, 4) is 0 Å². The number of rotatable bonds is 1. The molecule has 0 amide bonds. The van der Waals surface area contributed by atoms with Crippen molar-refractivity contribution in [3.63, 3.8) is 0 Å². The minimum absolute atomic E-state index is 0.677. The summed E-state index contributed by atoms with van der Waals surface area (Å²) in [6.45, 7) is 2.57. The maximum Gasteiger partial charge on any atom is 0.303 e. The number of hydrogen-bond acceptors (Lipinski definition) is 5. The summed E-state index contributed by atoms with van der Waals surface area (Å²) in [7, 11) is -3.33. The van der Waals surface area contributed by atoms with Crippen molar-refractivity contribution >= 4 is 0 Å². The molecule has 0 bridgehead atoms. The van der Waals surface area contributed by atoms with Gasteiger partial charge in [-0.3, -0.25) is 0 Å². The van der Waals surface area contributed by atoms with E-state index in [9.17, 15) is 0 Å². The summed E-state index contributed by atoms with van der Waals surface area (Å²) in [4.78, 5) is 0. The Labute approximate surface area is 60.1 Å². The highest BCUT2D eigenvalue weighted by molar-refractivity contribution is 4.50. The van der Waals surface area contributed by atoms with E-state index < -0.39 is 10.2 Å². The Balaban J connectivity index is 0. The van der Waals surface area contributed by atoms with Crippen LogP contribution >= 0.6 is 0 Å². The zero-order valence-corrected chi connectivity index (χ0v) is 6.33. The highest BCUT2D eigenvalue weighted by atomic mass is 35.7. The van der Waals surface area contributed by atoms with Crippen LogP contribution in [0.15, 0.2) is 5.18 Å². The zero-order valence-electron chi connectivity index (χ0n) is 5.57. The minimum Gasteiger partial charge on any atom is -0.222 e. The zero-order chi connectivity index (χ0) is 8.62. The smallest absolute Gasteiger partial charge is 0.222 e. The van der Waals surface area contributed by atoms with E-state index in [1.807, 2.05) is 6.92 Å². The van der Waals surface area contributed by atoms with Crippen LogP contribution in [-0.4, -0.2) is 13.7 Å². The lowest BCUT2D eigenvalue weighted by atomic mass is 10.9. The lowest BCUT2D eigenvalue weighted by molar-refractivity contribution is -2.00. The number of hydrogen-bond donors (Lipinski definition) is 0. The highest BCUT2D eigenvalue weighted by Gasteiger charge is 1.84. The second kappa shape index (κ2) is 6.84. The molecule has 0 aliphatic rings. The average Bonchev–Trinajstić information content (AvgIpc) is 1.63. The Bertz CT molecular complexity index is 83.4. The maximum absolute atomic E-state index is 8.49. The Morgan fingerprint density at radius 3 is 1.60 bits per heavy atom. The van der Waals surface area contributed by atoms with Crippen molar-refractivity contribution in [2.24, 2.45) is 5.18 Å². The molecule has 62 valence electrons. The van der Waals surface area contributed by atoms with Crippen LogP contribution < -0.4 is 18.6 Å². The van der Waals surface area contributed by atoms with E-state index in [1.165, 1.54) is 0 Å². The molecule has 6 nitrogen and oxygen atoms in total. The van der Waals surface area contributed by atoms with Crippen LogP contribution in [-0.2, 0) is 0 Å². The molecule has 0 aliphatic heterocycles. The molecule has 0 radical (unpaired) electrons. The Morgan fingerprint density at radius 2 is 1.60 bits per heavy atom. The van der Waals surface area contributed by atoms with Crippen molar-refractivity contribution in [1.82, 2.24) is 0 Å². The maximum atomic E-state index is 8.49. The lowest BCUT2D eigenvalue weighted by Gasteiger charge is -2.17. The van der Waals surface area contributed by atoms with E-state index in [4.69, 9.17) is 18.6 Å². The molecule has 0 heterocycles. The average molecular weight is 174 g/mol. The summed E-state index contributed by atoms with van der Waals surface area (Å²) < 4.78 is 38.4. The molecular weight excluding hydrogens is 165 g/mol. The van der Waals surface area contributed by atoms with E-state index in [2.05, 4.69) is 9.71 Å². The first kappa shape index (κ1) is 12.4. The van der Waals surface area contributed by atoms with Gasteiger partial charge < -0.3 is 0 Å². The summed E-state index contributed by atoms with van der Waals surface area (Å²) in [5.41, 5.74) is 0. The van der Waals surface area contributed by atoms with Gasteiger partial charge in [-0.15, -0.1) is 14.8 Å². The first-order valence-electron chi connectivity index (χ1n) is 2.24. The molecule has 7 heteroatoms. The van der Waals surface area contributed by atoms with Crippen molar-refractivity contribution in [3.05, 3.63) is 4.54 Å². The van der Waals surface area contributed by atoms with Crippen LogP contribution in [0, 0.1) is 14.8 Å². The number of halogens is 1. The molecule has 0 aromatic heterocycles. The number of nitrogens with zero attached hydrogens (tertiary/aromatic N) is 1. The van der Waals surface area contributed by atoms with Gasteiger partial charge in [-0.2, -0.15) is 0 Å². The fourth-order valence-corrected chi connectivity index (χ4v) is 0.129. The van der Waals surface area contributed by atoms with Gasteiger partial charge >= 0.3 is 6.61 Å². The van der Waals surface area contributed by atoms with Gasteiger partial charge in [0.2, 0.25) is 0 Å². The van der Waals surface area contributed by atoms with Crippen LogP contribution in [0.25, 0.3) is 0 Å². The van der Waals surface area contributed by atoms with Gasteiger partial charge in [0.25, 0.3) is 0 Å². The van der Waals surface area contributed by atoms with Crippen molar-refractivity contribution in [2.45, 2.75) is 6.92 Å². The highest BCUT2D eigenvalue weighted by Crippen LogP contribution is 1.57. The monoisotopic (exact) mass is 173 g/mol.